The maximum absolute atomic E-state index is 13.1. The van der Waals surface area contributed by atoms with Crippen molar-refractivity contribution < 1.29 is 13.2 Å². The van der Waals surface area contributed by atoms with E-state index in [9.17, 15) is 13.2 Å². The van der Waals surface area contributed by atoms with Gasteiger partial charge in [-0.1, -0.05) is 6.07 Å². The number of sulfone groups is 1. The number of carbonyl (C=O) groups is 1. The number of amides is 1. The van der Waals surface area contributed by atoms with Crippen molar-refractivity contribution >= 4 is 15.7 Å². The van der Waals surface area contributed by atoms with Crippen LogP contribution in [-0.4, -0.2) is 66.3 Å². The van der Waals surface area contributed by atoms with Crippen LogP contribution in [0.5, 0.6) is 0 Å². The SMILES string of the molecule is O=C(C1CCS(=O)(=O)CC1)N1C[C@H]2CC[C@@H]1CN(Cc1ccccn1)C2. The second-order valence-corrected chi connectivity index (χ2v) is 10.3. The molecule has 0 radical (unpaired) electrons. The average Bonchev–Trinajstić information content (AvgIpc) is 2.92. The molecule has 0 aliphatic carbocycles. The molecule has 26 heavy (non-hydrogen) atoms. The zero-order valence-electron chi connectivity index (χ0n) is 15.1. The number of fused-ring (bicyclic) bond motifs is 4. The highest BCUT2D eigenvalue weighted by Crippen LogP contribution is 2.31. The number of hydrogen-bond donors (Lipinski definition) is 0. The summed E-state index contributed by atoms with van der Waals surface area (Å²) >= 11 is 0. The molecule has 4 aliphatic heterocycles. The topological polar surface area (TPSA) is 70.6 Å². The largest absolute Gasteiger partial charge is 0.338 e. The Morgan fingerprint density at radius 3 is 2.62 bits per heavy atom. The maximum Gasteiger partial charge on any atom is 0.226 e. The lowest BCUT2D eigenvalue weighted by Crippen LogP contribution is -2.50. The van der Waals surface area contributed by atoms with Gasteiger partial charge in [0.05, 0.1) is 17.2 Å². The van der Waals surface area contributed by atoms with Gasteiger partial charge in [-0.05, 0) is 43.7 Å². The summed E-state index contributed by atoms with van der Waals surface area (Å²) in [6, 6.07) is 6.25. The summed E-state index contributed by atoms with van der Waals surface area (Å²) in [6.07, 6.45) is 5.04. The van der Waals surface area contributed by atoms with Gasteiger partial charge in [-0.3, -0.25) is 14.7 Å². The highest BCUT2D eigenvalue weighted by atomic mass is 32.2. The molecule has 0 N–H and O–H groups in total. The molecule has 4 aliphatic rings. The minimum atomic E-state index is -2.93. The Morgan fingerprint density at radius 1 is 1.08 bits per heavy atom. The molecule has 0 unspecified atom stereocenters. The zero-order valence-corrected chi connectivity index (χ0v) is 15.9. The fraction of sp³-hybridized carbons (Fsp3) is 0.684. The molecule has 5 heterocycles. The predicted molar refractivity (Wildman–Crippen MR) is 99.1 cm³/mol. The lowest BCUT2D eigenvalue weighted by molar-refractivity contribution is -0.140. The number of aromatic nitrogens is 1. The molecule has 0 spiro atoms. The molecule has 1 aromatic rings. The highest BCUT2D eigenvalue weighted by molar-refractivity contribution is 7.91. The molecule has 4 fully saturated rings. The molecular formula is C19H27N3O3S. The molecule has 0 saturated carbocycles. The van der Waals surface area contributed by atoms with Crippen LogP contribution in [-0.2, 0) is 21.2 Å². The van der Waals surface area contributed by atoms with E-state index in [-0.39, 0.29) is 29.4 Å². The van der Waals surface area contributed by atoms with Gasteiger partial charge in [0.1, 0.15) is 9.84 Å². The monoisotopic (exact) mass is 377 g/mol. The number of rotatable bonds is 3. The van der Waals surface area contributed by atoms with Gasteiger partial charge in [-0.25, -0.2) is 8.42 Å². The third kappa shape index (κ3) is 3.93. The number of piperidine rings is 1. The molecule has 1 aromatic heterocycles. The molecule has 2 atom stereocenters. The first-order valence-corrected chi connectivity index (χ1v) is 11.5. The Bertz CT molecular complexity index is 739. The number of nitrogens with zero attached hydrogens (tertiary/aromatic N) is 3. The first-order chi connectivity index (χ1) is 12.5. The van der Waals surface area contributed by atoms with Crippen LogP contribution in [0.4, 0.5) is 0 Å². The van der Waals surface area contributed by atoms with E-state index in [4.69, 9.17) is 0 Å². The summed E-state index contributed by atoms with van der Waals surface area (Å²) in [4.78, 5) is 22.0. The van der Waals surface area contributed by atoms with Crippen LogP contribution in [0.15, 0.2) is 24.4 Å². The van der Waals surface area contributed by atoms with Crippen LogP contribution in [0, 0.1) is 11.8 Å². The van der Waals surface area contributed by atoms with Gasteiger partial charge in [-0.2, -0.15) is 0 Å². The van der Waals surface area contributed by atoms with Gasteiger partial charge in [0.2, 0.25) is 5.91 Å². The van der Waals surface area contributed by atoms with E-state index in [0.717, 1.165) is 38.3 Å². The quantitative estimate of drug-likeness (QED) is 0.795. The van der Waals surface area contributed by atoms with E-state index in [1.165, 1.54) is 6.42 Å². The summed E-state index contributed by atoms with van der Waals surface area (Å²) < 4.78 is 23.3. The fourth-order valence-corrected chi connectivity index (χ4v) is 6.16. The molecule has 5 rings (SSSR count). The van der Waals surface area contributed by atoms with Gasteiger partial charge in [0, 0.05) is 44.3 Å². The lowest BCUT2D eigenvalue weighted by atomic mass is 9.92. The van der Waals surface area contributed by atoms with Gasteiger partial charge in [-0.15, -0.1) is 0 Å². The molecule has 1 amide bonds. The van der Waals surface area contributed by atoms with Gasteiger partial charge in [0.25, 0.3) is 0 Å². The summed E-state index contributed by atoms with van der Waals surface area (Å²) in [6.45, 7) is 3.56. The van der Waals surface area contributed by atoms with Crippen molar-refractivity contribution in [3.05, 3.63) is 30.1 Å². The van der Waals surface area contributed by atoms with Crippen molar-refractivity contribution in [2.75, 3.05) is 31.1 Å². The Hall–Kier alpha value is -1.47. The summed E-state index contributed by atoms with van der Waals surface area (Å²) in [5.74, 6) is 0.916. The first-order valence-electron chi connectivity index (χ1n) is 9.63. The van der Waals surface area contributed by atoms with Crippen molar-refractivity contribution in [3.8, 4) is 0 Å². The van der Waals surface area contributed by atoms with Crippen LogP contribution in [0.25, 0.3) is 0 Å². The molecule has 142 valence electrons. The summed E-state index contributed by atoms with van der Waals surface area (Å²) in [5, 5.41) is 0. The van der Waals surface area contributed by atoms with Crippen LogP contribution in [0.2, 0.25) is 0 Å². The number of carbonyl (C=O) groups excluding carboxylic acids is 1. The highest BCUT2D eigenvalue weighted by Gasteiger charge is 2.40. The molecule has 0 aromatic carbocycles. The van der Waals surface area contributed by atoms with Crippen molar-refractivity contribution in [3.63, 3.8) is 0 Å². The summed E-state index contributed by atoms with van der Waals surface area (Å²) in [7, 11) is -2.93. The maximum atomic E-state index is 13.1. The Morgan fingerprint density at radius 2 is 1.88 bits per heavy atom. The van der Waals surface area contributed by atoms with E-state index in [1.807, 2.05) is 18.3 Å². The molecular weight excluding hydrogens is 350 g/mol. The molecule has 6 nitrogen and oxygen atoms in total. The second kappa shape index (κ2) is 7.27. The normalized spacial score (nSPS) is 29.5. The van der Waals surface area contributed by atoms with Crippen molar-refractivity contribution in [1.29, 1.82) is 0 Å². The zero-order chi connectivity index (χ0) is 18.1. The fourth-order valence-electron chi connectivity index (χ4n) is 4.67. The number of pyridine rings is 1. The van der Waals surface area contributed by atoms with E-state index in [1.54, 1.807) is 0 Å². The molecule has 2 bridgehead atoms. The third-order valence-corrected chi connectivity index (χ3v) is 7.80. The molecule has 7 heteroatoms. The standard InChI is InChI=1S/C19H27N3O3S/c23-19(16-6-9-26(24,25)10-7-16)22-12-15-4-5-18(22)14-21(11-15)13-17-3-1-2-8-20-17/h1-3,8,15-16,18H,4-7,9-14H2/t15-,18+/m0/s1. The Balaban J connectivity index is 1.42. The van der Waals surface area contributed by atoms with Crippen LogP contribution in [0.3, 0.4) is 0 Å². The lowest BCUT2D eigenvalue weighted by Gasteiger charge is -2.39. The van der Waals surface area contributed by atoms with Crippen LogP contribution >= 0.6 is 0 Å². The van der Waals surface area contributed by atoms with Gasteiger partial charge < -0.3 is 4.90 Å². The predicted octanol–water partition coefficient (Wildman–Crippen LogP) is 1.33. The van der Waals surface area contributed by atoms with Crippen LogP contribution in [0.1, 0.15) is 31.4 Å². The minimum absolute atomic E-state index is 0.109. The smallest absolute Gasteiger partial charge is 0.226 e. The van der Waals surface area contributed by atoms with Gasteiger partial charge >= 0.3 is 0 Å². The Labute approximate surface area is 155 Å². The average molecular weight is 378 g/mol. The van der Waals surface area contributed by atoms with Crippen molar-refractivity contribution in [1.82, 2.24) is 14.8 Å². The van der Waals surface area contributed by atoms with E-state index in [0.29, 0.717) is 18.8 Å². The second-order valence-electron chi connectivity index (χ2n) is 8.03. The van der Waals surface area contributed by atoms with Crippen molar-refractivity contribution in [2.45, 2.75) is 38.3 Å². The number of hydrogen-bond acceptors (Lipinski definition) is 5. The Kier molecular flexibility index (Phi) is 5.01. The first kappa shape index (κ1) is 17.9. The van der Waals surface area contributed by atoms with Crippen molar-refractivity contribution in [2.24, 2.45) is 11.8 Å². The third-order valence-electron chi connectivity index (χ3n) is 6.09. The van der Waals surface area contributed by atoms with E-state index >= 15 is 0 Å². The molecule has 4 saturated heterocycles. The van der Waals surface area contributed by atoms with E-state index in [2.05, 4.69) is 20.9 Å². The van der Waals surface area contributed by atoms with E-state index < -0.39 is 9.84 Å². The minimum Gasteiger partial charge on any atom is -0.338 e. The van der Waals surface area contributed by atoms with Gasteiger partial charge in [0.15, 0.2) is 0 Å². The summed E-state index contributed by atoms with van der Waals surface area (Å²) in [5.41, 5.74) is 1.07. The van der Waals surface area contributed by atoms with Crippen LogP contribution < -0.4 is 0 Å².